The number of piperidine rings is 1. The summed E-state index contributed by atoms with van der Waals surface area (Å²) in [6.45, 7) is 6.74. The topological polar surface area (TPSA) is 90.0 Å². The van der Waals surface area contributed by atoms with Crippen LogP contribution in [0.3, 0.4) is 0 Å². The Morgan fingerprint density at radius 2 is 1.85 bits per heavy atom. The zero-order valence-electron chi connectivity index (χ0n) is 19.6. The van der Waals surface area contributed by atoms with Gasteiger partial charge in [0.25, 0.3) is 0 Å². The molecule has 0 bridgehead atoms. The summed E-state index contributed by atoms with van der Waals surface area (Å²) in [5, 5.41) is 0.0620. The number of rotatable bonds is 7. The van der Waals surface area contributed by atoms with Gasteiger partial charge in [0.05, 0.1) is 15.5 Å². The predicted molar refractivity (Wildman–Crippen MR) is 126 cm³/mol. The number of nitrogens with zero attached hydrogens (tertiary/aromatic N) is 1. The molecule has 2 fully saturated rings. The molecule has 184 valence electrons. The third kappa shape index (κ3) is 6.49. The zero-order chi connectivity index (χ0) is 24.2. The highest BCUT2D eigenvalue weighted by Crippen LogP contribution is 2.35. The van der Waals surface area contributed by atoms with E-state index in [1.54, 1.807) is 0 Å². The Hall–Kier alpha value is -1.64. The van der Waals surface area contributed by atoms with Gasteiger partial charge in [0.2, 0.25) is 10.0 Å². The molecule has 3 unspecified atom stereocenters. The lowest BCUT2D eigenvalue weighted by molar-refractivity contribution is -0.159. The Morgan fingerprint density at radius 3 is 2.52 bits per heavy atom. The van der Waals surface area contributed by atoms with E-state index in [1.165, 1.54) is 22.5 Å². The summed E-state index contributed by atoms with van der Waals surface area (Å²) >= 11 is 6.14. The molecule has 2 aliphatic rings. The molecule has 1 aromatic rings. The van der Waals surface area contributed by atoms with Crippen LogP contribution in [0, 0.1) is 17.8 Å². The molecule has 1 aliphatic carbocycles. The van der Waals surface area contributed by atoms with Gasteiger partial charge in [-0.15, -0.1) is 0 Å². The molecule has 1 aliphatic heterocycles. The molecule has 0 radical (unpaired) electrons. The van der Waals surface area contributed by atoms with Crippen molar-refractivity contribution in [1.29, 1.82) is 0 Å². The number of benzene rings is 1. The van der Waals surface area contributed by atoms with Crippen molar-refractivity contribution < 1.29 is 27.5 Å². The summed E-state index contributed by atoms with van der Waals surface area (Å²) in [4.78, 5) is 25.0. The maximum absolute atomic E-state index is 12.9. The highest BCUT2D eigenvalue weighted by atomic mass is 35.5. The lowest BCUT2D eigenvalue weighted by Gasteiger charge is -2.36. The van der Waals surface area contributed by atoms with Gasteiger partial charge in [0.15, 0.2) is 6.61 Å². The van der Waals surface area contributed by atoms with Crippen LogP contribution in [0.1, 0.15) is 69.7 Å². The normalized spacial score (nSPS) is 24.5. The quantitative estimate of drug-likeness (QED) is 0.506. The standard InChI is InChI=1S/C24H34ClNO6S/c1-16(2)19-9-7-17(3)13-22(19)32-23(27)15-31-24(28)20-14-18(8-10-21(20)25)33(29,30)26-11-5-4-6-12-26/h8,10,14,16-17,19,22H,4-7,9,11-13,15H2,1-3H3. The predicted octanol–water partition coefficient (Wildman–Crippen LogP) is 4.68. The van der Waals surface area contributed by atoms with E-state index >= 15 is 0 Å². The Kier molecular flexibility index (Phi) is 8.81. The molecule has 0 amide bonds. The van der Waals surface area contributed by atoms with E-state index < -0.39 is 28.6 Å². The Balaban J connectivity index is 1.64. The van der Waals surface area contributed by atoms with Crippen LogP contribution in [-0.2, 0) is 24.3 Å². The largest absolute Gasteiger partial charge is 0.460 e. The number of ether oxygens (including phenoxy) is 2. The van der Waals surface area contributed by atoms with Gasteiger partial charge in [-0.2, -0.15) is 4.31 Å². The molecular weight excluding hydrogens is 466 g/mol. The van der Waals surface area contributed by atoms with E-state index in [0.29, 0.717) is 24.9 Å². The van der Waals surface area contributed by atoms with E-state index in [2.05, 4.69) is 20.8 Å². The van der Waals surface area contributed by atoms with Gasteiger partial charge >= 0.3 is 11.9 Å². The molecule has 1 saturated carbocycles. The van der Waals surface area contributed by atoms with E-state index in [9.17, 15) is 18.0 Å². The van der Waals surface area contributed by atoms with E-state index in [0.717, 1.165) is 38.5 Å². The molecule has 3 atom stereocenters. The van der Waals surface area contributed by atoms with Gasteiger partial charge < -0.3 is 9.47 Å². The van der Waals surface area contributed by atoms with Gasteiger partial charge in [-0.25, -0.2) is 18.0 Å². The van der Waals surface area contributed by atoms with Crippen molar-refractivity contribution in [2.45, 2.75) is 70.3 Å². The molecule has 0 aromatic heterocycles. The van der Waals surface area contributed by atoms with Crippen molar-refractivity contribution in [3.63, 3.8) is 0 Å². The average Bonchev–Trinajstić information content (AvgIpc) is 2.78. The lowest BCUT2D eigenvalue weighted by Crippen LogP contribution is -2.36. The summed E-state index contributed by atoms with van der Waals surface area (Å²) in [5.41, 5.74) is -0.0890. The molecular formula is C24H34ClNO6S. The van der Waals surface area contributed by atoms with Crippen LogP contribution in [0.4, 0.5) is 0 Å². The van der Waals surface area contributed by atoms with Crippen molar-refractivity contribution in [3.05, 3.63) is 28.8 Å². The van der Waals surface area contributed by atoms with Crippen molar-refractivity contribution >= 4 is 33.6 Å². The first-order valence-electron chi connectivity index (χ1n) is 11.8. The monoisotopic (exact) mass is 499 g/mol. The van der Waals surface area contributed by atoms with E-state index in [-0.39, 0.29) is 27.5 Å². The molecule has 0 spiro atoms. The van der Waals surface area contributed by atoms with Crippen molar-refractivity contribution in [3.8, 4) is 0 Å². The Labute approximate surface area is 201 Å². The molecule has 1 aromatic carbocycles. The number of hydrogen-bond acceptors (Lipinski definition) is 6. The van der Waals surface area contributed by atoms with E-state index in [4.69, 9.17) is 21.1 Å². The van der Waals surface area contributed by atoms with Crippen molar-refractivity contribution in [2.24, 2.45) is 17.8 Å². The minimum Gasteiger partial charge on any atom is -0.460 e. The van der Waals surface area contributed by atoms with Crippen LogP contribution in [-0.4, -0.2) is 50.5 Å². The van der Waals surface area contributed by atoms with Crippen LogP contribution in [0.15, 0.2) is 23.1 Å². The minimum atomic E-state index is -3.73. The number of sulfonamides is 1. The van der Waals surface area contributed by atoms with Crippen LogP contribution in [0.5, 0.6) is 0 Å². The minimum absolute atomic E-state index is 0.0145. The van der Waals surface area contributed by atoms with Crippen molar-refractivity contribution in [2.75, 3.05) is 19.7 Å². The van der Waals surface area contributed by atoms with Crippen molar-refractivity contribution in [1.82, 2.24) is 4.31 Å². The van der Waals surface area contributed by atoms with Crippen LogP contribution < -0.4 is 0 Å². The lowest BCUT2D eigenvalue weighted by atomic mass is 9.75. The maximum Gasteiger partial charge on any atom is 0.344 e. The first-order chi connectivity index (χ1) is 15.6. The number of carbonyl (C=O) groups excluding carboxylic acids is 2. The third-order valence-corrected chi connectivity index (χ3v) is 8.90. The molecule has 3 rings (SSSR count). The molecule has 0 N–H and O–H groups in total. The van der Waals surface area contributed by atoms with Gasteiger partial charge in [-0.05, 0) is 61.6 Å². The third-order valence-electron chi connectivity index (χ3n) is 6.68. The second-order valence-corrected chi connectivity index (χ2v) is 11.9. The molecule has 1 saturated heterocycles. The summed E-state index contributed by atoms with van der Waals surface area (Å²) in [6, 6.07) is 3.97. The summed E-state index contributed by atoms with van der Waals surface area (Å²) < 4.78 is 38.1. The zero-order valence-corrected chi connectivity index (χ0v) is 21.2. The summed E-state index contributed by atoms with van der Waals surface area (Å²) in [6.07, 6.45) is 5.33. The highest BCUT2D eigenvalue weighted by molar-refractivity contribution is 7.89. The second-order valence-electron chi connectivity index (χ2n) is 9.54. The second kappa shape index (κ2) is 11.2. The van der Waals surface area contributed by atoms with Gasteiger partial charge in [-0.3, -0.25) is 0 Å². The maximum atomic E-state index is 12.9. The fourth-order valence-electron chi connectivity index (χ4n) is 4.73. The van der Waals surface area contributed by atoms with Crippen LogP contribution >= 0.6 is 11.6 Å². The van der Waals surface area contributed by atoms with Gasteiger partial charge in [0.1, 0.15) is 6.10 Å². The summed E-state index contributed by atoms with van der Waals surface area (Å²) in [5.74, 6) is -0.316. The molecule has 9 heteroatoms. The molecule has 1 heterocycles. The average molecular weight is 500 g/mol. The van der Waals surface area contributed by atoms with Crippen LogP contribution in [0.25, 0.3) is 0 Å². The van der Waals surface area contributed by atoms with Crippen LogP contribution in [0.2, 0.25) is 5.02 Å². The fraction of sp³-hybridized carbons (Fsp3) is 0.667. The Bertz CT molecular complexity index is 958. The number of esters is 2. The summed E-state index contributed by atoms with van der Waals surface area (Å²) in [7, 11) is -3.73. The number of hydrogen-bond donors (Lipinski definition) is 0. The first kappa shape index (κ1) is 26.0. The Morgan fingerprint density at radius 1 is 1.15 bits per heavy atom. The van der Waals surface area contributed by atoms with Gasteiger partial charge in [-0.1, -0.05) is 45.2 Å². The number of halogens is 1. The van der Waals surface area contributed by atoms with Gasteiger partial charge in [0, 0.05) is 13.1 Å². The fourth-order valence-corrected chi connectivity index (χ4v) is 6.47. The van der Waals surface area contributed by atoms with E-state index in [1.807, 2.05) is 0 Å². The first-order valence-corrected chi connectivity index (χ1v) is 13.6. The molecule has 33 heavy (non-hydrogen) atoms. The smallest absolute Gasteiger partial charge is 0.344 e. The molecule has 7 nitrogen and oxygen atoms in total. The SMILES string of the molecule is CC1CCC(C(C)C)C(OC(=O)COC(=O)c2cc(S(=O)(=O)N3CCCCC3)ccc2Cl)C1. The highest BCUT2D eigenvalue weighted by Gasteiger charge is 2.34. The number of carbonyl (C=O) groups is 2.